The lowest BCUT2D eigenvalue weighted by Crippen LogP contribution is -2.19. The van der Waals surface area contributed by atoms with E-state index >= 15 is 0 Å². The third kappa shape index (κ3) is 5.34. The van der Waals surface area contributed by atoms with Gasteiger partial charge in [0.15, 0.2) is 0 Å². The standard InChI is InChI=1S/C22H19N5O2/c1-14-4-2-6-18(10-14)26-22(29)27-19-7-3-5-15(11-19)8-9-16-12-17(21(24)28)13-25-20(16)23/h2-7,10-13H,1H3,(H2,23,25)(H2,24,28)(H2,26,27,29). The normalized spacial score (nSPS) is 9.83. The lowest BCUT2D eigenvalue weighted by atomic mass is 10.1. The Morgan fingerprint density at radius 3 is 2.34 bits per heavy atom. The first-order valence-electron chi connectivity index (χ1n) is 8.73. The van der Waals surface area contributed by atoms with E-state index < -0.39 is 5.91 Å². The van der Waals surface area contributed by atoms with Crippen molar-refractivity contribution in [1.82, 2.24) is 4.98 Å². The number of pyridine rings is 1. The number of nitrogens with zero attached hydrogens (tertiary/aromatic N) is 1. The van der Waals surface area contributed by atoms with Gasteiger partial charge >= 0.3 is 6.03 Å². The van der Waals surface area contributed by atoms with Gasteiger partial charge in [0.05, 0.1) is 11.1 Å². The number of nitrogen functional groups attached to an aromatic ring is 1. The summed E-state index contributed by atoms with van der Waals surface area (Å²) in [6.45, 7) is 1.95. The van der Waals surface area contributed by atoms with Crippen LogP contribution in [0.4, 0.5) is 22.0 Å². The van der Waals surface area contributed by atoms with E-state index in [1.54, 1.807) is 24.3 Å². The highest BCUT2D eigenvalue weighted by atomic mass is 16.2. The molecule has 29 heavy (non-hydrogen) atoms. The van der Waals surface area contributed by atoms with Gasteiger partial charge in [0, 0.05) is 23.1 Å². The molecule has 0 saturated carbocycles. The summed E-state index contributed by atoms with van der Waals surface area (Å²) in [4.78, 5) is 27.4. The van der Waals surface area contributed by atoms with E-state index in [1.807, 2.05) is 31.2 Å². The van der Waals surface area contributed by atoms with Crippen LogP contribution >= 0.6 is 0 Å². The van der Waals surface area contributed by atoms with Crippen molar-refractivity contribution in [3.63, 3.8) is 0 Å². The molecule has 7 nitrogen and oxygen atoms in total. The average Bonchev–Trinajstić information content (AvgIpc) is 2.67. The predicted octanol–water partition coefficient (Wildman–Crippen LogP) is 3.11. The van der Waals surface area contributed by atoms with E-state index in [9.17, 15) is 9.59 Å². The van der Waals surface area contributed by atoms with Gasteiger partial charge in [-0.3, -0.25) is 4.79 Å². The summed E-state index contributed by atoms with van der Waals surface area (Å²) in [6, 6.07) is 15.7. The molecule has 0 spiro atoms. The summed E-state index contributed by atoms with van der Waals surface area (Å²) >= 11 is 0. The number of carbonyl (C=O) groups is 2. The van der Waals surface area contributed by atoms with E-state index in [2.05, 4.69) is 27.5 Å². The summed E-state index contributed by atoms with van der Waals surface area (Å²) in [7, 11) is 0. The highest BCUT2D eigenvalue weighted by Crippen LogP contribution is 2.14. The monoisotopic (exact) mass is 385 g/mol. The first-order valence-corrected chi connectivity index (χ1v) is 8.73. The summed E-state index contributed by atoms with van der Waals surface area (Å²) in [5, 5.41) is 5.55. The maximum absolute atomic E-state index is 12.2. The van der Waals surface area contributed by atoms with Crippen LogP contribution in [0.2, 0.25) is 0 Å². The molecule has 6 N–H and O–H groups in total. The summed E-state index contributed by atoms with van der Waals surface area (Å²) in [5.74, 6) is 5.42. The van der Waals surface area contributed by atoms with Gasteiger partial charge in [-0.05, 0) is 48.9 Å². The molecule has 1 heterocycles. The molecule has 7 heteroatoms. The maximum Gasteiger partial charge on any atom is 0.323 e. The number of aromatic nitrogens is 1. The van der Waals surface area contributed by atoms with Crippen molar-refractivity contribution in [3.8, 4) is 11.8 Å². The number of anilines is 3. The quantitative estimate of drug-likeness (QED) is 0.517. The molecule has 1 aromatic heterocycles. The number of benzene rings is 2. The van der Waals surface area contributed by atoms with Crippen molar-refractivity contribution in [1.29, 1.82) is 0 Å². The van der Waals surface area contributed by atoms with Crippen molar-refractivity contribution in [2.24, 2.45) is 5.73 Å². The van der Waals surface area contributed by atoms with E-state index in [4.69, 9.17) is 11.5 Å². The van der Waals surface area contributed by atoms with E-state index in [0.29, 0.717) is 22.5 Å². The number of hydrogen-bond acceptors (Lipinski definition) is 4. The number of hydrogen-bond donors (Lipinski definition) is 4. The fraction of sp³-hybridized carbons (Fsp3) is 0.0455. The molecule has 0 fully saturated rings. The molecule has 2 aromatic carbocycles. The molecule has 0 bridgehead atoms. The van der Waals surface area contributed by atoms with E-state index in [0.717, 1.165) is 5.56 Å². The van der Waals surface area contributed by atoms with Crippen molar-refractivity contribution < 1.29 is 9.59 Å². The summed E-state index contributed by atoms with van der Waals surface area (Å²) in [6.07, 6.45) is 1.31. The van der Waals surface area contributed by atoms with Gasteiger partial charge in [-0.15, -0.1) is 0 Å². The minimum atomic E-state index is -0.605. The number of urea groups is 1. The molecule has 0 saturated heterocycles. The van der Waals surface area contributed by atoms with Gasteiger partial charge in [0.2, 0.25) is 5.91 Å². The Kier molecular flexibility index (Phi) is 5.76. The van der Waals surface area contributed by atoms with Crippen LogP contribution in [0.3, 0.4) is 0 Å². The Balaban J connectivity index is 1.74. The summed E-state index contributed by atoms with van der Waals surface area (Å²) < 4.78 is 0. The molecule has 3 rings (SSSR count). The van der Waals surface area contributed by atoms with Crippen LogP contribution in [0.15, 0.2) is 60.8 Å². The van der Waals surface area contributed by atoms with Gasteiger partial charge in [-0.2, -0.15) is 0 Å². The molecule has 0 aliphatic carbocycles. The molecule has 3 aromatic rings. The Labute approximate surface area is 168 Å². The van der Waals surface area contributed by atoms with Gasteiger partial charge in [-0.25, -0.2) is 9.78 Å². The van der Waals surface area contributed by atoms with Gasteiger partial charge in [-0.1, -0.05) is 30.0 Å². The van der Waals surface area contributed by atoms with Crippen LogP contribution in [-0.4, -0.2) is 16.9 Å². The number of aryl methyl sites for hydroxylation is 1. The first kappa shape index (κ1) is 19.5. The van der Waals surface area contributed by atoms with Crippen molar-refractivity contribution in [2.75, 3.05) is 16.4 Å². The van der Waals surface area contributed by atoms with Crippen LogP contribution in [0.5, 0.6) is 0 Å². The third-order valence-electron chi connectivity index (χ3n) is 3.94. The topological polar surface area (TPSA) is 123 Å². The maximum atomic E-state index is 12.2. The minimum absolute atomic E-state index is 0.203. The molecule has 144 valence electrons. The van der Waals surface area contributed by atoms with E-state index in [1.165, 1.54) is 12.3 Å². The molecule has 0 unspecified atom stereocenters. The zero-order valence-electron chi connectivity index (χ0n) is 15.7. The molecule has 0 radical (unpaired) electrons. The smallest absolute Gasteiger partial charge is 0.323 e. The summed E-state index contributed by atoms with van der Waals surface area (Å²) in [5.41, 5.74) is 14.7. The second-order valence-corrected chi connectivity index (χ2v) is 6.30. The number of nitrogens with two attached hydrogens (primary N) is 2. The second-order valence-electron chi connectivity index (χ2n) is 6.30. The third-order valence-corrected chi connectivity index (χ3v) is 3.94. The van der Waals surface area contributed by atoms with Gasteiger partial charge in [0.1, 0.15) is 5.82 Å². The van der Waals surface area contributed by atoms with Crippen LogP contribution in [0.1, 0.15) is 27.0 Å². The highest BCUT2D eigenvalue weighted by molar-refractivity contribution is 5.99. The molecular weight excluding hydrogens is 366 g/mol. The zero-order chi connectivity index (χ0) is 20.8. The predicted molar refractivity (Wildman–Crippen MR) is 113 cm³/mol. The average molecular weight is 385 g/mol. The van der Waals surface area contributed by atoms with Crippen LogP contribution < -0.4 is 22.1 Å². The SMILES string of the molecule is Cc1cccc(NC(=O)Nc2cccc(C#Cc3cc(C(N)=O)cnc3N)c2)c1. The van der Waals surface area contributed by atoms with Crippen molar-refractivity contribution in [3.05, 3.63) is 83.0 Å². The molecule has 0 aliphatic heterocycles. The lowest BCUT2D eigenvalue weighted by molar-refractivity contribution is 0.1000. The zero-order valence-corrected chi connectivity index (χ0v) is 15.7. The Hall–Kier alpha value is -4.31. The van der Waals surface area contributed by atoms with Crippen molar-refractivity contribution >= 4 is 29.1 Å². The minimum Gasteiger partial charge on any atom is -0.383 e. The molecule has 3 amide bonds. The first-order chi connectivity index (χ1) is 13.9. The fourth-order valence-corrected chi connectivity index (χ4v) is 2.54. The van der Waals surface area contributed by atoms with Crippen LogP contribution in [0.25, 0.3) is 0 Å². The van der Waals surface area contributed by atoms with Crippen molar-refractivity contribution in [2.45, 2.75) is 6.92 Å². The molecule has 0 atom stereocenters. The van der Waals surface area contributed by atoms with Gasteiger partial charge in [0.25, 0.3) is 0 Å². The van der Waals surface area contributed by atoms with E-state index in [-0.39, 0.29) is 17.4 Å². The lowest BCUT2D eigenvalue weighted by Gasteiger charge is -2.08. The van der Waals surface area contributed by atoms with Gasteiger partial charge < -0.3 is 22.1 Å². The largest absolute Gasteiger partial charge is 0.383 e. The molecular formula is C22H19N5O2. The number of amides is 3. The number of carbonyl (C=O) groups excluding carboxylic acids is 2. The van der Waals surface area contributed by atoms with Crippen LogP contribution in [0, 0.1) is 18.8 Å². The number of nitrogens with one attached hydrogen (secondary N) is 2. The Morgan fingerprint density at radius 2 is 1.66 bits per heavy atom. The highest BCUT2D eigenvalue weighted by Gasteiger charge is 2.05. The Morgan fingerprint density at radius 1 is 0.966 bits per heavy atom. The molecule has 0 aliphatic rings. The number of rotatable bonds is 3. The van der Waals surface area contributed by atoms with Crippen LogP contribution in [-0.2, 0) is 0 Å². The number of primary amides is 1. The Bertz CT molecular complexity index is 1150. The second kappa shape index (κ2) is 8.59. The fourth-order valence-electron chi connectivity index (χ4n) is 2.54.